The van der Waals surface area contributed by atoms with Gasteiger partial charge in [-0.25, -0.2) is 4.98 Å². The summed E-state index contributed by atoms with van der Waals surface area (Å²) in [5, 5.41) is 2.92. The first-order valence-electron chi connectivity index (χ1n) is 9.73. The maximum absolute atomic E-state index is 13.0. The molecule has 2 amide bonds. The minimum absolute atomic E-state index is 0.0962. The second kappa shape index (κ2) is 7.84. The molecule has 1 aromatic carbocycles. The first kappa shape index (κ1) is 18.2. The van der Waals surface area contributed by atoms with Crippen LogP contribution in [0.15, 0.2) is 48.7 Å². The van der Waals surface area contributed by atoms with Crippen LogP contribution in [0, 0.1) is 6.92 Å². The Labute approximate surface area is 164 Å². The summed E-state index contributed by atoms with van der Waals surface area (Å²) in [6.07, 6.45) is 4.96. The summed E-state index contributed by atoms with van der Waals surface area (Å²) >= 11 is 0. The monoisotopic (exact) mass is 376 g/mol. The van der Waals surface area contributed by atoms with Crippen LogP contribution >= 0.6 is 0 Å². The quantitative estimate of drug-likeness (QED) is 0.760. The highest BCUT2D eigenvalue weighted by Gasteiger charge is 2.25. The predicted molar refractivity (Wildman–Crippen MR) is 107 cm³/mol. The number of nitrogens with zero attached hydrogens (tertiary/aromatic N) is 3. The van der Waals surface area contributed by atoms with Gasteiger partial charge in [-0.1, -0.05) is 35.9 Å². The van der Waals surface area contributed by atoms with E-state index in [2.05, 4.69) is 10.3 Å². The lowest BCUT2D eigenvalue weighted by atomic mass is 10.1. The molecule has 1 saturated heterocycles. The molecule has 0 bridgehead atoms. The van der Waals surface area contributed by atoms with E-state index in [9.17, 15) is 9.59 Å². The van der Waals surface area contributed by atoms with Gasteiger partial charge >= 0.3 is 0 Å². The molecule has 2 aromatic heterocycles. The molecule has 1 N–H and O–H groups in total. The van der Waals surface area contributed by atoms with E-state index in [1.807, 2.05) is 54.3 Å². The van der Waals surface area contributed by atoms with Crippen LogP contribution in [-0.2, 0) is 6.54 Å². The zero-order valence-electron chi connectivity index (χ0n) is 16.0. The van der Waals surface area contributed by atoms with E-state index >= 15 is 0 Å². The van der Waals surface area contributed by atoms with Gasteiger partial charge in [0.15, 0.2) is 5.69 Å². The van der Waals surface area contributed by atoms with Crippen molar-refractivity contribution in [2.75, 3.05) is 13.1 Å². The number of amides is 2. The molecule has 1 aliphatic heterocycles. The topological polar surface area (TPSA) is 66.7 Å². The normalized spacial score (nSPS) is 14.2. The number of fused-ring (bicyclic) bond motifs is 1. The Hall–Kier alpha value is -3.15. The van der Waals surface area contributed by atoms with Gasteiger partial charge in [0.05, 0.1) is 5.52 Å². The second-order valence-electron chi connectivity index (χ2n) is 7.26. The Morgan fingerprint density at radius 3 is 2.68 bits per heavy atom. The Balaban J connectivity index is 1.60. The highest BCUT2D eigenvalue weighted by atomic mass is 16.2. The zero-order chi connectivity index (χ0) is 19.5. The fourth-order valence-corrected chi connectivity index (χ4v) is 3.69. The third-order valence-corrected chi connectivity index (χ3v) is 5.13. The summed E-state index contributed by atoms with van der Waals surface area (Å²) in [6, 6.07) is 13.5. The van der Waals surface area contributed by atoms with E-state index in [0.29, 0.717) is 17.8 Å². The molecule has 6 heteroatoms. The Bertz CT molecular complexity index is 1020. The maximum Gasteiger partial charge on any atom is 0.287 e. The summed E-state index contributed by atoms with van der Waals surface area (Å²) in [5.41, 5.74) is 3.19. The van der Waals surface area contributed by atoms with Gasteiger partial charge in [-0.15, -0.1) is 0 Å². The van der Waals surface area contributed by atoms with Crippen LogP contribution in [0.4, 0.5) is 0 Å². The van der Waals surface area contributed by atoms with Gasteiger partial charge < -0.3 is 10.2 Å². The van der Waals surface area contributed by atoms with Crippen molar-refractivity contribution in [3.8, 4) is 0 Å². The maximum atomic E-state index is 13.0. The minimum atomic E-state index is -0.291. The molecule has 0 atom stereocenters. The molecule has 0 aliphatic carbocycles. The molecule has 1 aliphatic rings. The lowest BCUT2D eigenvalue weighted by molar-refractivity contribution is 0.0721. The molecule has 1 fully saturated rings. The SMILES string of the molecule is Cc1cccc(CNC(=O)c2nc(C(=O)N3CCCCC3)c3ccccn23)c1. The largest absolute Gasteiger partial charge is 0.345 e. The number of aryl methyl sites for hydroxylation is 1. The van der Waals surface area contributed by atoms with E-state index in [0.717, 1.165) is 43.5 Å². The zero-order valence-corrected chi connectivity index (χ0v) is 16.0. The highest BCUT2D eigenvalue weighted by Crippen LogP contribution is 2.18. The van der Waals surface area contributed by atoms with Gasteiger partial charge in [0.25, 0.3) is 11.8 Å². The number of benzene rings is 1. The average Bonchev–Trinajstić information content (AvgIpc) is 3.12. The van der Waals surface area contributed by atoms with Crippen LogP contribution in [0.5, 0.6) is 0 Å². The molecule has 144 valence electrons. The molecule has 28 heavy (non-hydrogen) atoms. The molecule has 0 spiro atoms. The van der Waals surface area contributed by atoms with Gasteiger partial charge in [0, 0.05) is 25.8 Å². The summed E-state index contributed by atoms with van der Waals surface area (Å²) < 4.78 is 1.70. The molecule has 0 unspecified atom stereocenters. The van der Waals surface area contributed by atoms with E-state index < -0.39 is 0 Å². The lowest BCUT2D eigenvalue weighted by Crippen LogP contribution is -2.36. The number of carbonyl (C=O) groups excluding carboxylic acids is 2. The summed E-state index contributed by atoms with van der Waals surface area (Å²) in [5.74, 6) is -0.148. The first-order chi connectivity index (χ1) is 13.6. The number of imidazole rings is 1. The highest BCUT2D eigenvalue weighted by molar-refractivity contribution is 6.02. The Morgan fingerprint density at radius 1 is 1.07 bits per heavy atom. The molecule has 0 radical (unpaired) electrons. The number of nitrogens with one attached hydrogen (secondary N) is 1. The van der Waals surface area contributed by atoms with Crippen molar-refractivity contribution in [3.05, 3.63) is 71.3 Å². The fraction of sp³-hybridized carbons (Fsp3) is 0.318. The van der Waals surface area contributed by atoms with Gasteiger partial charge in [-0.2, -0.15) is 0 Å². The van der Waals surface area contributed by atoms with E-state index in [1.165, 1.54) is 0 Å². The number of hydrogen-bond donors (Lipinski definition) is 1. The van der Waals surface area contributed by atoms with E-state index in [-0.39, 0.29) is 17.6 Å². The van der Waals surface area contributed by atoms with Crippen LogP contribution in [0.3, 0.4) is 0 Å². The number of pyridine rings is 1. The van der Waals surface area contributed by atoms with Crippen molar-refractivity contribution in [1.29, 1.82) is 0 Å². The number of likely N-dealkylation sites (tertiary alicyclic amines) is 1. The molecule has 4 rings (SSSR count). The summed E-state index contributed by atoms with van der Waals surface area (Å²) in [6.45, 7) is 3.93. The van der Waals surface area contributed by atoms with Crippen LogP contribution < -0.4 is 5.32 Å². The van der Waals surface area contributed by atoms with Crippen LogP contribution in [-0.4, -0.2) is 39.2 Å². The summed E-state index contributed by atoms with van der Waals surface area (Å²) in [4.78, 5) is 32.1. The number of piperidine rings is 1. The molecular formula is C22H24N4O2. The van der Waals surface area contributed by atoms with Crippen molar-refractivity contribution in [3.63, 3.8) is 0 Å². The van der Waals surface area contributed by atoms with Crippen LogP contribution in [0.1, 0.15) is 51.5 Å². The average molecular weight is 376 g/mol. The second-order valence-corrected chi connectivity index (χ2v) is 7.26. The van der Waals surface area contributed by atoms with Gasteiger partial charge in [-0.05, 0) is 43.9 Å². The number of hydrogen-bond acceptors (Lipinski definition) is 3. The molecule has 3 heterocycles. The van der Waals surface area contributed by atoms with Gasteiger partial charge in [-0.3, -0.25) is 14.0 Å². The van der Waals surface area contributed by atoms with Gasteiger partial charge in [0.1, 0.15) is 0 Å². The molecule has 6 nitrogen and oxygen atoms in total. The van der Waals surface area contributed by atoms with E-state index in [1.54, 1.807) is 10.6 Å². The van der Waals surface area contributed by atoms with Crippen molar-refractivity contribution in [2.24, 2.45) is 0 Å². The van der Waals surface area contributed by atoms with Crippen molar-refractivity contribution < 1.29 is 9.59 Å². The minimum Gasteiger partial charge on any atom is -0.345 e. The predicted octanol–water partition coefficient (Wildman–Crippen LogP) is 3.20. The Kier molecular flexibility index (Phi) is 5.10. The van der Waals surface area contributed by atoms with Crippen LogP contribution in [0.2, 0.25) is 0 Å². The Morgan fingerprint density at radius 2 is 1.89 bits per heavy atom. The van der Waals surface area contributed by atoms with Crippen molar-refractivity contribution >= 4 is 17.3 Å². The third kappa shape index (κ3) is 3.63. The standard InChI is InChI=1S/C22H24N4O2/c1-16-8-7-9-17(14-16)15-23-21(27)20-24-19(18-10-3-6-13-26(18)20)22(28)25-11-4-2-5-12-25/h3,6-10,13-14H,2,4-5,11-12,15H2,1H3,(H,23,27). The fourth-order valence-electron chi connectivity index (χ4n) is 3.69. The first-order valence-corrected chi connectivity index (χ1v) is 9.73. The van der Waals surface area contributed by atoms with Crippen molar-refractivity contribution in [2.45, 2.75) is 32.7 Å². The molecule has 3 aromatic rings. The van der Waals surface area contributed by atoms with Gasteiger partial charge in [0.2, 0.25) is 5.82 Å². The summed E-state index contributed by atoms with van der Waals surface area (Å²) in [7, 11) is 0. The lowest BCUT2D eigenvalue weighted by Gasteiger charge is -2.25. The third-order valence-electron chi connectivity index (χ3n) is 5.13. The molecular weight excluding hydrogens is 352 g/mol. The number of rotatable bonds is 4. The number of carbonyl (C=O) groups is 2. The van der Waals surface area contributed by atoms with Crippen molar-refractivity contribution in [1.82, 2.24) is 19.6 Å². The van der Waals surface area contributed by atoms with E-state index in [4.69, 9.17) is 0 Å². The van der Waals surface area contributed by atoms with Crippen LogP contribution in [0.25, 0.3) is 5.52 Å². The number of aromatic nitrogens is 2. The molecule has 0 saturated carbocycles. The smallest absolute Gasteiger partial charge is 0.287 e.